The van der Waals surface area contributed by atoms with E-state index in [2.05, 4.69) is 4.74 Å². The lowest BCUT2D eigenvalue weighted by Gasteiger charge is -2.13. The summed E-state index contributed by atoms with van der Waals surface area (Å²) >= 11 is 1.39. The molecule has 1 atom stereocenters. The van der Waals surface area contributed by atoms with Crippen LogP contribution in [0.25, 0.3) is 0 Å². The molecular formula is C12H9F4NOS. The van der Waals surface area contributed by atoms with Crippen molar-refractivity contribution in [2.45, 2.75) is 12.4 Å². The Morgan fingerprint density at radius 1 is 1.21 bits per heavy atom. The summed E-state index contributed by atoms with van der Waals surface area (Å²) in [5.41, 5.74) is 6.27. The number of hydrogen-bond donors (Lipinski definition) is 1. The standard InChI is InChI=1S/C12H9F4NOS/c13-8-6-7(11(17)10-2-1-5-19-10)3-4-9(8)18-12(14,15)16/h1-6,11H,17H2/t11-/m1/s1. The van der Waals surface area contributed by atoms with Gasteiger partial charge in [0.05, 0.1) is 6.04 Å². The molecule has 0 fully saturated rings. The molecule has 0 aliphatic rings. The van der Waals surface area contributed by atoms with Crippen LogP contribution in [0.2, 0.25) is 0 Å². The predicted octanol–water partition coefficient (Wildman–Crippen LogP) is 3.83. The first-order valence-electron chi connectivity index (χ1n) is 5.21. The van der Waals surface area contributed by atoms with Gasteiger partial charge in [0.1, 0.15) is 0 Å². The Kier molecular flexibility index (Phi) is 3.77. The highest BCUT2D eigenvalue weighted by Gasteiger charge is 2.32. The van der Waals surface area contributed by atoms with Gasteiger partial charge in [0.15, 0.2) is 11.6 Å². The van der Waals surface area contributed by atoms with Crippen molar-refractivity contribution in [1.29, 1.82) is 0 Å². The van der Waals surface area contributed by atoms with Crippen LogP contribution in [0.5, 0.6) is 5.75 Å². The summed E-state index contributed by atoms with van der Waals surface area (Å²) in [5, 5.41) is 1.81. The lowest BCUT2D eigenvalue weighted by Crippen LogP contribution is -2.18. The molecule has 1 aromatic carbocycles. The van der Waals surface area contributed by atoms with E-state index in [0.29, 0.717) is 5.56 Å². The third kappa shape index (κ3) is 3.45. The lowest BCUT2D eigenvalue weighted by atomic mass is 10.1. The fraction of sp³-hybridized carbons (Fsp3) is 0.167. The molecule has 0 radical (unpaired) electrons. The third-order valence-electron chi connectivity index (χ3n) is 2.39. The molecule has 0 amide bonds. The van der Waals surface area contributed by atoms with Gasteiger partial charge in [-0.15, -0.1) is 24.5 Å². The number of halogens is 4. The van der Waals surface area contributed by atoms with E-state index in [-0.39, 0.29) is 0 Å². The van der Waals surface area contributed by atoms with Crippen molar-refractivity contribution in [3.8, 4) is 5.75 Å². The van der Waals surface area contributed by atoms with E-state index in [9.17, 15) is 17.6 Å². The molecule has 0 spiro atoms. The van der Waals surface area contributed by atoms with Gasteiger partial charge in [0, 0.05) is 4.88 Å². The molecular weight excluding hydrogens is 282 g/mol. The molecule has 0 aliphatic heterocycles. The maximum absolute atomic E-state index is 13.5. The third-order valence-corrected chi connectivity index (χ3v) is 3.35. The Balaban J connectivity index is 2.24. The molecule has 2 N–H and O–H groups in total. The van der Waals surface area contributed by atoms with Crippen molar-refractivity contribution in [2.75, 3.05) is 0 Å². The molecule has 0 saturated heterocycles. The Bertz CT molecular complexity index is 553. The maximum Gasteiger partial charge on any atom is 0.573 e. The minimum absolute atomic E-state index is 0.384. The van der Waals surface area contributed by atoms with Crippen molar-refractivity contribution in [2.24, 2.45) is 5.73 Å². The molecule has 2 rings (SSSR count). The molecule has 2 nitrogen and oxygen atoms in total. The lowest BCUT2D eigenvalue weighted by molar-refractivity contribution is -0.275. The predicted molar refractivity (Wildman–Crippen MR) is 63.4 cm³/mol. The van der Waals surface area contributed by atoms with Gasteiger partial charge in [-0.25, -0.2) is 4.39 Å². The second-order valence-corrected chi connectivity index (χ2v) is 4.71. The van der Waals surface area contributed by atoms with Gasteiger partial charge in [-0.1, -0.05) is 12.1 Å². The van der Waals surface area contributed by atoms with Crippen LogP contribution in [0.15, 0.2) is 35.7 Å². The van der Waals surface area contributed by atoms with Gasteiger partial charge >= 0.3 is 6.36 Å². The van der Waals surface area contributed by atoms with Crippen LogP contribution in [-0.2, 0) is 0 Å². The fourth-order valence-corrected chi connectivity index (χ4v) is 2.30. The van der Waals surface area contributed by atoms with Crippen molar-refractivity contribution in [1.82, 2.24) is 0 Å². The van der Waals surface area contributed by atoms with Gasteiger partial charge < -0.3 is 10.5 Å². The molecule has 0 saturated carbocycles. The van der Waals surface area contributed by atoms with Crippen LogP contribution in [0.1, 0.15) is 16.5 Å². The van der Waals surface area contributed by atoms with E-state index in [1.54, 1.807) is 12.1 Å². The quantitative estimate of drug-likeness (QED) is 0.872. The first kappa shape index (κ1) is 13.8. The average Bonchev–Trinajstić information content (AvgIpc) is 2.82. The number of alkyl halides is 3. The Morgan fingerprint density at radius 3 is 2.47 bits per heavy atom. The van der Waals surface area contributed by atoms with Gasteiger partial charge in [-0.05, 0) is 29.1 Å². The summed E-state index contributed by atoms with van der Waals surface area (Å²) in [4.78, 5) is 0.795. The zero-order valence-electron chi connectivity index (χ0n) is 9.45. The van der Waals surface area contributed by atoms with Gasteiger partial charge in [0.25, 0.3) is 0 Å². The van der Waals surface area contributed by atoms with E-state index in [0.717, 1.165) is 17.0 Å². The topological polar surface area (TPSA) is 35.2 Å². The first-order valence-corrected chi connectivity index (χ1v) is 6.09. The van der Waals surface area contributed by atoms with Crippen LogP contribution >= 0.6 is 11.3 Å². The largest absolute Gasteiger partial charge is 0.573 e. The number of hydrogen-bond acceptors (Lipinski definition) is 3. The van der Waals surface area contributed by atoms with E-state index < -0.39 is 24.0 Å². The Morgan fingerprint density at radius 2 is 1.95 bits per heavy atom. The van der Waals surface area contributed by atoms with Gasteiger partial charge in [-0.2, -0.15) is 0 Å². The second kappa shape index (κ2) is 5.18. The summed E-state index contributed by atoms with van der Waals surface area (Å²) in [6.07, 6.45) is -4.92. The normalized spacial score (nSPS) is 13.3. The monoisotopic (exact) mass is 291 g/mol. The number of thiophene rings is 1. The number of rotatable bonds is 3. The minimum Gasteiger partial charge on any atom is -0.403 e. The van der Waals surface area contributed by atoms with Crippen LogP contribution in [0.3, 0.4) is 0 Å². The van der Waals surface area contributed by atoms with Crippen molar-refractivity contribution in [3.63, 3.8) is 0 Å². The molecule has 0 aliphatic carbocycles. The number of benzene rings is 1. The summed E-state index contributed by atoms with van der Waals surface area (Å²) < 4.78 is 53.0. The summed E-state index contributed by atoms with van der Waals surface area (Å²) in [6, 6.07) is 6.17. The molecule has 1 aromatic heterocycles. The van der Waals surface area contributed by atoms with E-state index in [4.69, 9.17) is 5.73 Å². The molecule has 102 valence electrons. The highest BCUT2D eigenvalue weighted by molar-refractivity contribution is 7.10. The number of nitrogens with two attached hydrogens (primary N) is 1. The SMILES string of the molecule is N[C@H](c1ccc(OC(F)(F)F)c(F)c1)c1cccs1. The van der Waals surface area contributed by atoms with Crippen molar-refractivity contribution < 1.29 is 22.3 Å². The first-order chi connectivity index (χ1) is 8.87. The second-order valence-electron chi connectivity index (χ2n) is 3.73. The Hall–Kier alpha value is -1.60. The summed E-state index contributed by atoms with van der Waals surface area (Å²) in [7, 11) is 0. The fourth-order valence-electron chi connectivity index (χ4n) is 1.55. The van der Waals surface area contributed by atoms with Gasteiger partial charge in [0.2, 0.25) is 0 Å². The molecule has 2 aromatic rings. The van der Waals surface area contributed by atoms with Crippen molar-refractivity contribution >= 4 is 11.3 Å². The zero-order chi connectivity index (χ0) is 14.0. The van der Waals surface area contributed by atoms with E-state index in [1.807, 2.05) is 5.38 Å². The maximum atomic E-state index is 13.5. The molecule has 0 bridgehead atoms. The minimum atomic E-state index is -4.92. The van der Waals surface area contributed by atoms with E-state index in [1.165, 1.54) is 17.4 Å². The average molecular weight is 291 g/mol. The Labute approximate surface area is 110 Å². The van der Waals surface area contributed by atoms with E-state index >= 15 is 0 Å². The summed E-state index contributed by atoms with van der Waals surface area (Å²) in [5.74, 6) is -1.96. The highest BCUT2D eigenvalue weighted by Crippen LogP contribution is 2.30. The van der Waals surface area contributed by atoms with Crippen molar-refractivity contribution in [3.05, 3.63) is 52.0 Å². The van der Waals surface area contributed by atoms with Crippen LogP contribution < -0.4 is 10.5 Å². The molecule has 1 heterocycles. The van der Waals surface area contributed by atoms with Crippen LogP contribution in [0, 0.1) is 5.82 Å². The number of ether oxygens (including phenoxy) is 1. The molecule has 7 heteroatoms. The summed E-state index contributed by atoms with van der Waals surface area (Å²) in [6.45, 7) is 0. The van der Waals surface area contributed by atoms with Gasteiger partial charge in [-0.3, -0.25) is 0 Å². The molecule has 0 unspecified atom stereocenters. The van der Waals surface area contributed by atoms with Crippen LogP contribution in [0.4, 0.5) is 17.6 Å². The zero-order valence-corrected chi connectivity index (χ0v) is 10.3. The highest BCUT2D eigenvalue weighted by atomic mass is 32.1. The van der Waals surface area contributed by atoms with Crippen LogP contribution in [-0.4, -0.2) is 6.36 Å². The molecule has 19 heavy (non-hydrogen) atoms. The smallest absolute Gasteiger partial charge is 0.403 e.